The molecule has 0 bridgehead atoms. The largest absolute Gasteiger partial charge is 0.323 e. The van der Waals surface area contributed by atoms with E-state index in [4.69, 9.17) is 11.6 Å². The number of nitrogens with zero attached hydrogens (tertiary/aromatic N) is 1. The molecule has 1 heterocycles. The Hall–Kier alpha value is -2.33. The minimum atomic E-state index is -0.328. The molecule has 0 atom stereocenters. The Balaban J connectivity index is 1.93. The van der Waals surface area contributed by atoms with Crippen molar-refractivity contribution in [1.29, 1.82) is 0 Å². The Morgan fingerprint density at radius 2 is 1.80 bits per heavy atom. The van der Waals surface area contributed by atoms with Gasteiger partial charge in [-0.25, -0.2) is 9.78 Å². The molecule has 0 aliphatic heterocycles. The van der Waals surface area contributed by atoms with Crippen molar-refractivity contribution >= 4 is 29.0 Å². The third-order valence-corrected chi connectivity index (χ3v) is 2.80. The van der Waals surface area contributed by atoms with Crippen LogP contribution in [-0.2, 0) is 6.42 Å². The zero-order valence-electron chi connectivity index (χ0n) is 10.8. The van der Waals surface area contributed by atoms with Crippen LogP contribution in [-0.4, -0.2) is 11.0 Å². The highest BCUT2D eigenvalue weighted by Gasteiger charge is 2.03. The quantitative estimate of drug-likeness (QED) is 0.657. The molecule has 102 valence electrons. The molecule has 1 aromatic heterocycles. The Labute approximate surface area is 122 Å². The number of carbonyl (C=O) groups excluding carboxylic acids is 1. The van der Waals surface area contributed by atoms with Gasteiger partial charge in [0.2, 0.25) is 0 Å². The molecule has 2 aromatic rings. The number of amides is 2. The Morgan fingerprint density at radius 3 is 2.40 bits per heavy atom. The van der Waals surface area contributed by atoms with Gasteiger partial charge in [0.15, 0.2) is 0 Å². The lowest BCUT2D eigenvalue weighted by molar-refractivity contribution is 0.262. The summed E-state index contributed by atoms with van der Waals surface area (Å²) in [5, 5.41) is 5.79. The maximum Gasteiger partial charge on any atom is 0.323 e. The number of halogens is 1. The average Bonchev–Trinajstić information content (AvgIpc) is 2.44. The van der Waals surface area contributed by atoms with Gasteiger partial charge < -0.3 is 10.6 Å². The summed E-state index contributed by atoms with van der Waals surface area (Å²) in [5.74, 6) is 0. The first kappa shape index (κ1) is 14.1. The van der Waals surface area contributed by atoms with Gasteiger partial charge >= 0.3 is 6.03 Å². The van der Waals surface area contributed by atoms with Gasteiger partial charge in [-0.1, -0.05) is 29.8 Å². The number of urea groups is 1. The van der Waals surface area contributed by atoms with Crippen molar-refractivity contribution in [2.45, 2.75) is 6.42 Å². The first-order valence-electron chi connectivity index (χ1n) is 6.07. The van der Waals surface area contributed by atoms with Crippen molar-refractivity contribution in [1.82, 2.24) is 4.98 Å². The zero-order valence-corrected chi connectivity index (χ0v) is 11.5. The average molecular weight is 288 g/mol. The van der Waals surface area contributed by atoms with Crippen molar-refractivity contribution in [3.63, 3.8) is 0 Å². The van der Waals surface area contributed by atoms with Gasteiger partial charge in [-0.05, 0) is 36.2 Å². The summed E-state index contributed by atoms with van der Waals surface area (Å²) in [6, 6.07) is 10.5. The van der Waals surface area contributed by atoms with Gasteiger partial charge in [0, 0.05) is 5.69 Å². The van der Waals surface area contributed by atoms with Crippen LogP contribution in [0.3, 0.4) is 0 Å². The number of carbonyl (C=O) groups is 1. The van der Waals surface area contributed by atoms with Crippen molar-refractivity contribution < 1.29 is 4.79 Å². The van der Waals surface area contributed by atoms with E-state index in [9.17, 15) is 4.79 Å². The molecule has 5 heteroatoms. The van der Waals surface area contributed by atoms with E-state index in [0.717, 1.165) is 17.7 Å². The lowest BCUT2D eigenvalue weighted by Crippen LogP contribution is -2.19. The van der Waals surface area contributed by atoms with E-state index >= 15 is 0 Å². The number of rotatable bonds is 4. The Bertz CT molecular complexity index is 594. The lowest BCUT2D eigenvalue weighted by Gasteiger charge is -2.08. The zero-order chi connectivity index (χ0) is 14.4. The molecule has 0 spiro atoms. The monoisotopic (exact) mass is 287 g/mol. The summed E-state index contributed by atoms with van der Waals surface area (Å²) in [6.07, 6.45) is 4.14. The molecule has 2 amide bonds. The van der Waals surface area contributed by atoms with Gasteiger partial charge in [-0.3, -0.25) is 0 Å². The molecule has 0 radical (unpaired) electrons. The fourth-order valence-corrected chi connectivity index (χ4v) is 1.75. The number of hydrogen-bond donors (Lipinski definition) is 2. The predicted molar refractivity (Wildman–Crippen MR) is 82.2 cm³/mol. The van der Waals surface area contributed by atoms with Crippen molar-refractivity contribution in [3.05, 3.63) is 66.0 Å². The van der Waals surface area contributed by atoms with E-state index in [1.165, 1.54) is 6.20 Å². The van der Waals surface area contributed by atoms with Crippen LogP contribution >= 0.6 is 11.6 Å². The second-order valence-electron chi connectivity index (χ2n) is 4.14. The van der Waals surface area contributed by atoms with E-state index in [-0.39, 0.29) is 6.03 Å². The maximum atomic E-state index is 11.8. The number of aromatic nitrogens is 1. The summed E-state index contributed by atoms with van der Waals surface area (Å²) < 4.78 is 0. The van der Waals surface area contributed by atoms with Gasteiger partial charge in [0.1, 0.15) is 5.15 Å². The summed E-state index contributed by atoms with van der Waals surface area (Å²) in [5.41, 5.74) is 2.44. The molecule has 0 fully saturated rings. The van der Waals surface area contributed by atoms with Gasteiger partial charge in [0.05, 0.1) is 11.9 Å². The molecule has 4 nitrogen and oxygen atoms in total. The second-order valence-corrected chi connectivity index (χ2v) is 4.53. The minimum Gasteiger partial charge on any atom is -0.308 e. The highest BCUT2D eigenvalue weighted by atomic mass is 35.5. The summed E-state index contributed by atoms with van der Waals surface area (Å²) in [4.78, 5) is 15.7. The summed E-state index contributed by atoms with van der Waals surface area (Å²) in [6.45, 7) is 3.68. The fraction of sp³-hybridized carbons (Fsp3) is 0.0667. The topological polar surface area (TPSA) is 54.0 Å². The lowest BCUT2D eigenvalue weighted by atomic mass is 10.1. The Morgan fingerprint density at radius 1 is 1.15 bits per heavy atom. The number of allylic oxidation sites excluding steroid dienone is 1. The molecule has 0 saturated carbocycles. The highest BCUT2D eigenvalue weighted by molar-refractivity contribution is 6.29. The van der Waals surface area contributed by atoms with E-state index < -0.39 is 0 Å². The van der Waals surface area contributed by atoms with Crippen molar-refractivity contribution in [3.8, 4) is 0 Å². The number of benzene rings is 1. The van der Waals surface area contributed by atoms with E-state index in [2.05, 4.69) is 22.2 Å². The van der Waals surface area contributed by atoms with Crippen LogP contribution in [0.1, 0.15) is 5.56 Å². The van der Waals surface area contributed by atoms with Crippen LogP contribution in [0.2, 0.25) is 5.15 Å². The SMILES string of the molecule is C=CCc1ccc(NC(=O)Nc2ccc(Cl)nc2)cc1. The number of anilines is 2. The third kappa shape index (κ3) is 4.10. The van der Waals surface area contributed by atoms with Crippen LogP contribution in [0.4, 0.5) is 16.2 Å². The molecule has 2 N–H and O–H groups in total. The first-order valence-corrected chi connectivity index (χ1v) is 6.44. The number of nitrogens with one attached hydrogen (secondary N) is 2. The molecule has 0 unspecified atom stereocenters. The molecule has 0 aliphatic carbocycles. The molecule has 2 rings (SSSR count). The first-order chi connectivity index (χ1) is 9.67. The normalized spacial score (nSPS) is 9.85. The predicted octanol–water partition coefficient (Wildman–Crippen LogP) is 4.11. The highest BCUT2D eigenvalue weighted by Crippen LogP contribution is 2.12. The molecule has 0 saturated heterocycles. The van der Waals surface area contributed by atoms with E-state index in [1.807, 2.05) is 30.3 Å². The van der Waals surface area contributed by atoms with Crippen LogP contribution in [0.15, 0.2) is 55.3 Å². The number of hydrogen-bond acceptors (Lipinski definition) is 2. The van der Waals surface area contributed by atoms with Gasteiger partial charge in [0.25, 0.3) is 0 Å². The maximum absolute atomic E-state index is 11.8. The van der Waals surface area contributed by atoms with Crippen LogP contribution in [0, 0.1) is 0 Å². The van der Waals surface area contributed by atoms with Crippen LogP contribution in [0.5, 0.6) is 0 Å². The smallest absolute Gasteiger partial charge is 0.308 e. The van der Waals surface area contributed by atoms with Crippen LogP contribution < -0.4 is 10.6 Å². The standard InChI is InChI=1S/C15H14ClN3O/c1-2-3-11-4-6-12(7-5-11)18-15(20)19-13-8-9-14(16)17-10-13/h2,4-10H,1,3H2,(H2,18,19,20). The van der Waals surface area contributed by atoms with Crippen molar-refractivity contribution in [2.75, 3.05) is 10.6 Å². The third-order valence-electron chi connectivity index (χ3n) is 2.58. The van der Waals surface area contributed by atoms with Crippen LogP contribution in [0.25, 0.3) is 0 Å². The fourth-order valence-electron chi connectivity index (χ4n) is 1.63. The summed E-state index contributed by atoms with van der Waals surface area (Å²) >= 11 is 5.67. The molecule has 20 heavy (non-hydrogen) atoms. The van der Waals surface area contributed by atoms with E-state index in [1.54, 1.807) is 12.1 Å². The Kier molecular flexibility index (Phi) is 4.74. The second kappa shape index (κ2) is 6.73. The molecule has 0 aliphatic rings. The molecular formula is C15H14ClN3O. The van der Waals surface area contributed by atoms with Gasteiger partial charge in [-0.15, -0.1) is 6.58 Å². The minimum absolute atomic E-state index is 0.328. The summed E-state index contributed by atoms with van der Waals surface area (Å²) in [7, 11) is 0. The molecular weight excluding hydrogens is 274 g/mol. The van der Waals surface area contributed by atoms with Crippen molar-refractivity contribution in [2.24, 2.45) is 0 Å². The van der Waals surface area contributed by atoms with E-state index in [0.29, 0.717) is 10.8 Å². The number of pyridine rings is 1. The molecule has 1 aromatic carbocycles. The van der Waals surface area contributed by atoms with Gasteiger partial charge in [-0.2, -0.15) is 0 Å².